The Labute approximate surface area is 155 Å². The largest absolute Gasteiger partial charge is 0.451 e. The molecular formula is C20H24O2S2. The number of benzene rings is 2. The van der Waals surface area contributed by atoms with E-state index in [1.54, 1.807) is 0 Å². The van der Waals surface area contributed by atoms with Crippen LogP contribution in [0.3, 0.4) is 0 Å². The summed E-state index contributed by atoms with van der Waals surface area (Å²) in [5.41, 5.74) is 1.89. The Hall–Kier alpha value is -1.39. The molecule has 24 heavy (non-hydrogen) atoms. The first kappa shape index (κ1) is 18.9. The van der Waals surface area contributed by atoms with Gasteiger partial charge in [-0.1, -0.05) is 26.0 Å². The van der Waals surface area contributed by atoms with Gasteiger partial charge in [-0.3, -0.25) is 0 Å². The average molecular weight is 361 g/mol. The van der Waals surface area contributed by atoms with Gasteiger partial charge in [-0.05, 0) is 67.6 Å². The molecule has 0 aliphatic rings. The second-order valence-corrected chi connectivity index (χ2v) is 7.60. The Morgan fingerprint density at radius 3 is 2.12 bits per heavy atom. The highest BCUT2D eigenvalue weighted by atomic mass is 32.1. The lowest BCUT2D eigenvalue weighted by Crippen LogP contribution is -2.25. The Bertz CT molecular complexity index is 701. The van der Waals surface area contributed by atoms with Crippen LogP contribution in [0.25, 0.3) is 0 Å². The predicted octanol–water partition coefficient (Wildman–Crippen LogP) is 5.87. The van der Waals surface area contributed by atoms with E-state index in [4.69, 9.17) is 4.74 Å². The van der Waals surface area contributed by atoms with Crippen molar-refractivity contribution >= 4 is 31.2 Å². The second kappa shape index (κ2) is 7.66. The van der Waals surface area contributed by atoms with E-state index >= 15 is 0 Å². The standard InChI is InChI=1S/C20H24O2S2/c1-5-13(2)14-6-8-15(9-7-14)19(21)22-20(3,4)16-10-17(23)12-18(24)11-16/h6-13,23-24H,5H2,1-4H3. The molecule has 0 spiro atoms. The highest BCUT2D eigenvalue weighted by Gasteiger charge is 2.26. The van der Waals surface area contributed by atoms with Crippen LogP contribution in [-0.2, 0) is 10.3 Å². The number of ether oxygens (including phenoxy) is 1. The first-order valence-electron chi connectivity index (χ1n) is 8.09. The zero-order valence-electron chi connectivity index (χ0n) is 14.5. The normalized spacial score (nSPS) is 12.8. The summed E-state index contributed by atoms with van der Waals surface area (Å²) in [5, 5.41) is 0. The summed E-state index contributed by atoms with van der Waals surface area (Å²) in [7, 11) is 0. The van der Waals surface area contributed by atoms with Gasteiger partial charge >= 0.3 is 5.97 Å². The highest BCUT2D eigenvalue weighted by molar-refractivity contribution is 7.81. The maximum atomic E-state index is 12.5. The molecule has 0 heterocycles. The summed E-state index contributed by atoms with van der Waals surface area (Å²) in [6, 6.07) is 13.3. The zero-order valence-corrected chi connectivity index (χ0v) is 16.3. The molecule has 0 radical (unpaired) electrons. The Morgan fingerprint density at radius 1 is 1.08 bits per heavy atom. The maximum absolute atomic E-state index is 12.5. The molecule has 0 aliphatic heterocycles. The summed E-state index contributed by atoms with van der Waals surface area (Å²) in [6.07, 6.45) is 1.07. The van der Waals surface area contributed by atoms with E-state index in [2.05, 4.69) is 39.1 Å². The van der Waals surface area contributed by atoms with E-state index in [-0.39, 0.29) is 5.97 Å². The summed E-state index contributed by atoms with van der Waals surface area (Å²) in [6.45, 7) is 8.07. The molecule has 1 atom stereocenters. The Kier molecular flexibility index (Phi) is 6.05. The fourth-order valence-corrected chi connectivity index (χ4v) is 3.13. The minimum absolute atomic E-state index is 0.332. The molecule has 0 aromatic heterocycles. The second-order valence-electron chi connectivity index (χ2n) is 6.57. The third kappa shape index (κ3) is 4.58. The highest BCUT2D eigenvalue weighted by Crippen LogP contribution is 2.30. The molecule has 0 saturated carbocycles. The zero-order chi connectivity index (χ0) is 17.9. The van der Waals surface area contributed by atoms with Crippen molar-refractivity contribution in [1.82, 2.24) is 0 Å². The first-order chi connectivity index (χ1) is 11.2. The van der Waals surface area contributed by atoms with Crippen molar-refractivity contribution in [3.05, 3.63) is 59.2 Å². The van der Waals surface area contributed by atoms with E-state index < -0.39 is 5.60 Å². The van der Waals surface area contributed by atoms with Crippen LogP contribution in [0.15, 0.2) is 52.3 Å². The van der Waals surface area contributed by atoms with Crippen molar-refractivity contribution < 1.29 is 9.53 Å². The van der Waals surface area contributed by atoms with Gasteiger partial charge in [0.05, 0.1) is 5.56 Å². The lowest BCUT2D eigenvalue weighted by molar-refractivity contribution is -0.00329. The molecule has 0 bridgehead atoms. The monoisotopic (exact) mass is 360 g/mol. The number of rotatable bonds is 5. The van der Waals surface area contributed by atoms with Crippen LogP contribution >= 0.6 is 25.3 Å². The number of esters is 1. The van der Waals surface area contributed by atoms with E-state index in [0.717, 1.165) is 21.8 Å². The van der Waals surface area contributed by atoms with Gasteiger partial charge in [0, 0.05) is 9.79 Å². The van der Waals surface area contributed by atoms with Crippen molar-refractivity contribution in [2.45, 2.75) is 55.4 Å². The minimum atomic E-state index is -0.761. The fourth-order valence-electron chi connectivity index (χ4n) is 2.48. The molecule has 1 unspecified atom stereocenters. The van der Waals surface area contributed by atoms with Crippen LogP contribution < -0.4 is 0 Å². The molecule has 2 rings (SSSR count). The van der Waals surface area contributed by atoms with E-state index in [1.807, 2.05) is 56.3 Å². The molecule has 2 aromatic rings. The Morgan fingerprint density at radius 2 is 1.62 bits per heavy atom. The molecule has 0 saturated heterocycles. The van der Waals surface area contributed by atoms with Gasteiger partial charge in [0.2, 0.25) is 0 Å². The van der Waals surface area contributed by atoms with Crippen LogP contribution in [0.5, 0.6) is 0 Å². The molecule has 4 heteroatoms. The molecule has 2 aromatic carbocycles. The van der Waals surface area contributed by atoms with Crippen molar-refractivity contribution in [3.63, 3.8) is 0 Å². The number of hydrogen-bond donors (Lipinski definition) is 2. The van der Waals surface area contributed by atoms with Crippen molar-refractivity contribution in [1.29, 1.82) is 0 Å². The molecule has 0 fully saturated rings. The van der Waals surface area contributed by atoms with E-state index in [0.29, 0.717) is 11.5 Å². The van der Waals surface area contributed by atoms with E-state index in [1.165, 1.54) is 5.56 Å². The number of carbonyl (C=O) groups excluding carboxylic acids is 1. The average Bonchev–Trinajstić information content (AvgIpc) is 2.53. The summed E-state index contributed by atoms with van der Waals surface area (Å²) in [5.74, 6) is 0.152. The molecule has 0 N–H and O–H groups in total. The van der Waals surface area contributed by atoms with Gasteiger partial charge in [-0.2, -0.15) is 0 Å². The molecule has 128 valence electrons. The minimum Gasteiger partial charge on any atom is -0.451 e. The van der Waals surface area contributed by atoms with Gasteiger partial charge in [-0.25, -0.2) is 4.79 Å². The Balaban J connectivity index is 2.18. The maximum Gasteiger partial charge on any atom is 0.338 e. The third-order valence-electron chi connectivity index (χ3n) is 4.27. The smallest absolute Gasteiger partial charge is 0.338 e. The molecular weight excluding hydrogens is 336 g/mol. The number of hydrogen-bond acceptors (Lipinski definition) is 4. The summed E-state index contributed by atoms with van der Waals surface area (Å²) < 4.78 is 5.74. The number of carbonyl (C=O) groups is 1. The van der Waals surface area contributed by atoms with Crippen molar-refractivity contribution in [2.24, 2.45) is 0 Å². The van der Waals surface area contributed by atoms with Crippen LogP contribution in [0.1, 0.15) is 61.5 Å². The lowest BCUT2D eigenvalue weighted by atomic mass is 9.97. The quantitative estimate of drug-likeness (QED) is 0.515. The third-order valence-corrected chi connectivity index (χ3v) is 4.79. The molecule has 0 amide bonds. The SMILES string of the molecule is CCC(C)c1ccc(C(=O)OC(C)(C)c2cc(S)cc(S)c2)cc1. The topological polar surface area (TPSA) is 26.3 Å². The van der Waals surface area contributed by atoms with Crippen molar-refractivity contribution in [3.8, 4) is 0 Å². The van der Waals surface area contributed by atoms with E-state index in [9.17, 15) is 4.79 Å². The summed E-state index contributed by atoms with van der Waals surface area (Å²) in [4.78, 5) is 14.1. The van der Waals surface area contributed by atoms with Gasteiger partial charge in [-0.15, -0.1) is 25.3 Å². The van der Waals surface area contributed by atoms with Crippen LogP contribution in [-0.4, -0.2) is 5.97 Å². The fraction of sp³-hybridized carbons (Fsp3) is 0.350. The van der Waals surface area contributed by atoms with Crippen LogP contribution in [0.2, 0.25) is 0 Å². The van der Waals surface area contributed by atoms with Crippen LogP contribution in [0, 0.1) is 0 Å². The summed E-state index contributed by atoms with van der Waals surface area (Å²) >= 11 is 8.73. The first-order valence-corrected chi connectivity index (χ1v) is 8.99. The molecule has 0 aliphatic carbocycles. The van der Waals surface area contributed by atoms with Gasteiger partial charge < -0.3 is 4.74 Å². The lowest BCUT2D eigenvalue weighted by Gasteiger charge is -2.26. The van der Waals surface area contributed by atoms with Gasteiger partial charge in [0.1, 0.15) is 5.60 Å². The van der Waals surface area contributed by atoms with Gasteiger partial charge in [0.15, 0.2) is 0 Å². The molecule has 2 nitrogen and oxygen atoms in total. The van der Waals surface area contributed by atoms with Crippen LogP contribution in [0.4, 0.5) is 0 Å². The van der Waals surface area contributed by atoms with Crippen molar-refractivity contribution in [2.75, 3.05) is 0 Å². The predicted molar refractivity (Wildman–Crippen MR) is 105 cm³/mol. The van der Waals surface area contributed by atoms with Gasteiger partial charge in [0.25, 0.3) is 0 Å². The number of thiol groups is 2.